The smallest absolute Gasteiger partial charge is 0.549 e. The van der Waals surface area contributed by atoms with Gasteiger partial charge in [-0.15, -0.1) is 0 Å². The number of nitrogens with zero attached hydrogens (tertiary/aromatic N) is 5. The Morgan fingerprint density at radius 3 is 1.31 bits per heavy atom. The van der Waals surface area contributed by atoms with Crippen LogP contribution in [0, 0.1) is 39.9 Å². The molecule has 0 aromatic heterocycles. The van der Waals surface area contributed by atoms with Crippen LogP contribution in [0.5, 0.6) is 0 Å². The van der Waals surface area contributed by atoms with Crippen molar-refractivity contribution in [3.05, 3.63) is 0 Å². The largest absolute Gasteiger partial charge is 3.00 e. The van der Waals surface area contributed by atoms with Gasteiger partial charge < -0.3 is 45.0 Å². The minimum absolute atomic E-state index is 0. The average Bonchev–Trinajstić information content (AvgIpc) is 2.79. The van der Waals surface area contributed by atoms with E-state index in [0.717, 1.165) is 10.6 Å². The molecule has 1 radical (unpaired) electrons. The second-order valence-electron chi connectivity index (χ2n) is 9.25. The number of carbonyl (C=O) groups is 3. The van der Waals surface area contributed by atoms with Crippen LogP contribution in [0.1, 0.15) is 0 Å². The standard InChI is InChI=1S/C21H41N5O11S.Gd/c1-38(36,37)26(17(15-27)16-28)11-18(29)10-22-2-4-23(12-19(30)31)6-8-25(14-21(34)35)9-7-24(5-3-22)13-20(32)33;/h17-18,27-29H,2-16H2,1H3,(H,30,31)(H,32,33)(H,34,35);/q;+3/p-3. The van der Waals surface area contributed by atoms with Gasteiger partial charge in [0.15, 0.2) is 0 Å². The molecule has 0 aliphatic carbocycles. The number of carboxylic acids is 3. The van der Waals surface area contributed by atoms with Crippen LogP contribution in [-0.2, 0) is 24.4 Å². The van der Waals surface area contributed by atoms with Gasteiger partial charge in [-0.1, -0.05) is 0 Å². The quantitative estimate of drug-likeness (QED) is 0.151. The van der Waals surface area contributed by atoms with Crippen molar-refractivity contribution < 1.29 is 93.4 Å². The first-order valence-electron chi connectivity index (χ1n) is 12.1. The van der Waals surface area contributed by atoms with Gasteiger partial charge in [-0.3, -0.25) is 19.6 Å². The maximum Gasteiger partial charge on any atom is 3.00 e. The van der Waals surface area contributed by atoms with E-state index >= 15 is 0 Å². The summed E-state index contributed by atoms with van der Waals surface area (Å²) in [7, 11) is -3.89. The van der Waals surface area contributed by atoms with Gasteiger partial charge in [0, 0.05) is 85.1 Å². The number of hydrogen-bond donors (Lipinski definition) is 3. The van der Waals surface area contributed by atoms with E-state index in [1.807, 2.05) is 0 Å². The number of aliphatic carboxylic acids is 3. The SMILES string of the molecule is CS(=O)(=O)N(CC(O)CN1CCN(CC(=O)[O-])CCN(CC(=O)[O-])CCN(CC(=O)[O-])CC1)C(CO)CO.[Gd+3]. The Morgan fingerprint density at radius 2 is 1.05 bits per heavy atom. The van der Waals surface area contributed by atoms with Crippen LogP contribution in [0.2, 0.25) is 0 Å². The predicted molar refractivity (Wildman–Crippen MR) is 126 cm³/mol. The first kappa shape index (κ1) is 38.4. The van der Waals surface area contributed by atoms with Gasteiger partial charge in [0.05, 0.1) is 49.5 Å². The van der Waals surface area contributed by atoms with Crippen LogP contribution >= 0.6 is 0 Å². The fourth-order valence-electron chi connectivity index (χ4n) is 4.14. The van der Waals surface area contributed by atoms with Crippen molar-refractivity contribution in [2.45, 2.75) is 12.1 Å². The summed E-state index contributed by atoms with van der Waals surface area (Å²) in [5.41, 5.74) is 0. The monoisotopic (exact) mass is 726 g/mol. The van der Waals surface area contributed by atoms with Gasteiger partial charge in [0.25, 0.3) is 0 Å². The number of sulfonamides is 1. The molecule has 18 heteroatoms. The van der Waals surface area contributed by atoms with E-state index in [2.05, 4.69) is 0 Å². The summed E-state index contributed by atoms with van der Waals surface area (Å²) in [6.45, 7) is -1.71. The van der Waals surface area contributed by atoms with Crippen molar-refractivity contribution in [1.29, 1.82) is 0 Å². The molecule has 39 heavy (non-hydrogen) atoms. The van der Waals surface area contributed by atoms with E-state index < -0.39 is 79.5 Å². The molecule has 0 amide bonds. The molecule has 0 aromatic rings. The Kier molecular flexibility index (Phi) is 19.2. The van der Waals surface area contributed by atoms with E-state index in [1.54, 1.807) is 4.90 Å². The zero-order valence-electron chi connectivity index (χ0n) is 21.9. The minimum Gasteiger partial charge on any atom is -0.549 e. The van der Waals surface area contributed by atoms with Crippen molar-refractivity contribution in [2.24, 2.45) is 0 Å². The zero-order chi connectivity index (χ0) is 28.9. The van der Waals surface area contributed by atoms with Crippen LogP contribution < -0.4 is 15.3 Å². The number of carbonyl (C=O) groups excluding carboxylic acids is 3. The molecule has 1 heterocycles. The Balaban J connectivity index is 0.0000144. The van der Waals surface area contributed by atoms with Crippen molar-refractivity contribution in [3.63, 3.8) is 0 Å². The first-order valence-corrected chi connectivity index (χ1v) is 14.0. The topological polar surface area (TPSA) is 231 Å². The summed E-state index contributed by atoms with van der Waals surface area (Å²) in [6.07, 6.45) is -0.380. The molecule has 227 valence electrons. The fourth-order valence-corrected chi connectivity index (χ4v) is 5.26. The number of β-amino-alcohol motifs (C(OH)–C–C–N with tert-alkyl or cyclic N) is 1. The second-order valence-corrected chi connectivity index (χ2v) is 11.2. The molecule has 1 aliphatic rings. The van der Waals surface area contributed by atoms with Crippen molar-refractivity contribution in [3.8, 4) is 0 Å². The molecule has 1 unspecified atom stereocenters. The van der Waals surface area contributed by atoms with Crippen LogP contribution in [0.15, 0.2) is 0 Å². The Labute approximate surface area is 260 Å². The molecule has 1 aliphatic heterocycles. The third-order valence-corrected chi connectivity index (χ3v) is 7.40. The first-order chi connectivity index (χ1) is 17.7. The molecule has 0 bridgehead atoms. The summed E-state index contributed by atoms with van der Waals surface area (Å²) in [4.78, 5) is 39.9. The number of aliphatic hydroxyl groups is 3. The van der Waals surface area contributed by atoms with Gasteiger partial charge in [-0.2, -0.15) is 4.31 Å². The molecule has 16 nitrogen and oxygen atoms in total. The summed E-state index contributed by atoms with van der Waals surface area (Å²) < 4.78 is 25.1. The number of carboxylic acid groups (broad SMARTS) is 3. The second kappa shape index (κ2) is 19.5. The van der Waals surface area contributed by atoms with Crippen LogP contribution in [0.3, 0.4) is 0 Å². The van der Waals surface area contributed by atoms with Crippen LogP contribution in [0.4, 0.5) is 0 Å². The maximum absolute atomic E-state index is 12.2. The normalized spacial score (nSPS) is 18.7. The van der Waals surface area contributed by atoms with Gasteiger partial charge in [-0.25, -0.2) is 8.42 Å². The molecule has 1 rings (SSSR count). The van der Waals surface area contributed by atoms with Crippen molar-refractivity contribution >= 4 is 27.9 Å². The summed E-state index contributed by atoms with van der Waals surface area (Å²) >= 11 is 0. The van der Waals surface area contributed by atoms with Crippen molar-refractivity contribution in [2.75, 3.05) is 105 Å². The summed E-state index contributed by atoms with van der Waals surface area (Å²) in [5.74, 6) is -4.00. The Morgan fingerprint density at radius 1 is 0.744 bits per heavy atom. The summed E-state index contributed by atoms with van der Waals surface area (Å²) in [6, 6.07) is -1.15. The van der Waals surface area contributed by atoms with Crippen LogP contribution in [0.25, 0.3) is 0 Å². The molecule has 0 aromatic carbocycles. The van der Waals surface area contributed by atoms with Gasteiger partial charge >= 0.3 is 39.9 Å². The number of rotatable bonds is 14. The molecular formula is C21H38GdN5O11S. The summed E-state index contributed by atoms with van der Waals surface area (Å²) in [5, 5.41) is 63.2. The minimum atomic E-state index is -3.89. The predicted octanol–water partition coefficient (Wildman–Crippen LogP) is -8.57. The van der Waals surface area contributed by atoms with E-state index in [4.69, 9.17) is 0 Å². The van der Waals surface area contributed by atoms with E-state index in [0.29, 0.717) is 0 Å². The third-order valence-electron chi connectivity index (χ3n) is 6.10. The van der Waals surface area contributed by atoms with Gasteiger partial charge in [0.1, 0.15) is 0 Å². The van der Waals surface area contributed by atoms with Crippen molar-refractivity contribution in [1.82, 2.24) is 23.9 Å². The fraction of sp³-hybridized carbons (Fsp3) is 0.857. The van der Waals surface area contributed by atoms with Crippen LogP contribution in [-0.4, -0.2) is 182 Å². The molecule has 0 spiro atoms. The molecule has 1 atom stereocenters. The Bertz CT molecular complexity index is 833. The molecule has 1 fully saturated rings. The van der Waals surface area contributed by atoms with E-state index in [1.165, 1.54) is 14.7 Å². The maximum atomic E-state index is 12.2. The third kappa shape index (κ3) is 16.4. The molecule has 3 N–H and O–H groups in total. The molecule has 1 saturated heterocycles. The number of hydrogen-bond acceptors (Lipinski definition) is 15. The Hall–Kier alpha value is -0.635. The van der Waals surface area contributed by atoms with E-state index in [9.17, 15) is 53.4 Å². The van der Waals surface area contributed by atoms with E-state index in [-0.39, 0.29) is 98.8 Å². The average molecular weight is 726 g/mol. The van der Waals surface area contributed by atoms with Gasteiger partial charge in [-0.05, 0) is 0 Å². The molecule has 0 saturated carbocycles. The zero-order valence-corrected chi connectivity index (χ0v) is 25.0. The number of aliphatic hydroxyl groups excluding tert-OH is 3. The molecular weight excluding hydrogens is 688 g/mol. The van der Waals surface area contributed by atoms with Gasteiger partial charge in [0.2, 0.25) is 10.0 Å².